The maximum Gasteiger partial charge on any atom is 0.222 e. The number of hydrogen-bond acceptors (Lipinski definition) is 4. The van der Waals surface area contributed by atoms with Gasteiger partial charge in [-0.15, -0.1) is 0 Å². The van der Waals surface area contributed by atoms with Crippen molar-refractivity contribution in [2.75, 3.05) is 26.3 Å². The summed E-state index contributed by atoms with van der Waals surface area (Å²) in [7, 11) is 0. The minimum absolute atomic E-state index is 0.116. The van der Waals surface area contributed by atoms with Gasteiger partial charge in [-0.05, 0) is 31.2 Å². The second-order valence-corrected chi connectivity index (χ2v) is 6.56. The molecule has 1 aromatic rings. The van der Waals surface area contributed by atoms with Gasteiger partial charge in [0, 0.05) is 25.3 Å². The molecule has 126 valence electrons. The fourth-order valence-corrected chi connectivity index (χ4v) is 3.54. The van der Waals surface area contributed by atoms with E-state index in [-0.39, 0.29) is 11.5 Å². The molecule has 1 aromatic heterocycles. The van der Waals surface area contributed by atoms with Gasteiger partial charge in [-0.2, -0.15) is 0 Å². The number of unbranched alkanes of at least 4 members (excludes halogenated alkanes) is 1. The Hall–Kier alpha value is -1.62. The first-order valence-corrected chi connectivity index (χ1v) is 8.69. The number of rotatable bonds is 7. The van der Waals surface area contributed by atoms with E-state index in [2.05, 4.69) is 11.9 Å². The summed E-state index contributed by atoms with van der Waals surface area (Å²) in [5, 5.41) is 0. The lowest BCUT2D eigenvalue weighted by Crippen LogP contribution is -2.66. The lowest BCUT2D eigenvalue weighted by atomic mass is 9.79. The number of pyridine rings is 1. The molecule has 0 radical (unpaired) electrons. The van der Waals surface area contributed by atoms with Crippen LogP contribution in [0.4, 0.5) is 0 Å². The quantitative estimate of drug-likeness (QED) is 0.775. The number of ether oxygens (including phenoxy) is 2. The van der Waals surface area contributed by atoms with Gasteiger partial charge in [0.05, 0.1) is 19.7 Å². The second kappa shape index (κ2) is 7.30. The molecule has 2 aliphatic rings. The van der Waals surface area contributed by atoms with Crippen LogP contribution in [0.1, 0.15) is 39.0 Å². The highest BCUT2D eigenvalue weighted by atomic mass is 16.5. The Bertz CT molecular complexity index is 514. The molecule has 2 aliphatic heterocycles. The molecule has 1 spiro atoms. The van der Waals surface area contributed by atoms with E-state index < -0.39 is 0 Å². The van der Waals surface area contributed by atoms with E-state index in [9.17, 15) is 4.79 Å². The molecule has 1 atom stereocenters. The monoisotopic (exact) mass is 318 g/mol. The highest BCUT2D eigenvalue weighted by molar-refractivity contribution is 5.77. The topological polar surface area (TPSA) is 51.7 Å². The summed E-state index contributed by atoms with van der Waals surface area (Å²) >= 11 is 0. The molecular formula is C18H26N2O3. The summed E-state index contributed by atoms with van der Waals surface area (Å²) in [6.07, 6.45) is 6.45. The van der Waals surface area contributed by atoms with Crippen LogP contribution in [0.3, 0.4) is 0 Å². The van der Waals surface area contributed by atoms with Crippen LogP contribution < -0.4 is 4.74 Å². The van der Waals surface area contributed by atoms with Gasteiger partial charge in [-0.1, -0.05) is 19.4 Å². The molecule has 3 rings (SSSR count). The molecule has 5 nitrogen and oxygen atoms in total. The Balaban J connectivity index is 1.45. The number of likely N-dealkylation sites (tertiary alicyclic amines) is 1. The normalized spacial score (nSPS) is 22.1. The van der Waals surface area contributed by atoms with Gasteiger partial charge in [0.1, 0.15) is 5.60 Å². The molecule has 2 saturated heterocycles. The van der Waals surface area contributed by atoms with E-state index in [0.29, 0.717) is 24.8 Å². The fraction of sp³-hybridized carbons (Fsp3) is 0.667. The number of nitrogens with zero attached hydrogens (tertiary/aromatic N) is 2. The van der Waals surface area contributed by atoms with Crippen LogP contribution in [-0.4, -0.2) is 47.7 Å². The van der Waals surface area contributed by atoms with Gasteiger partial charge in [-0.25, -0.2) is 4.98 Å². The first-order valence-electron chi connectivity index (χ1n) is 8.69. The number of carbonyl (C=O) groups excluding carboxylic acids is 1. The molecule has 23 heavy (non-hydrogen) atoms. The minimum Gasteiger partial charge on any atom is -0.478 e. The van der Waals surface area contributed by atoms with Crippen molar-refractivity contribution in [2.45, 2.75) is 44.6 Å². The Morgan fingerprint density at radius 1 is 1.48 bits per heavy atom. The predicted octanol–water partition coefficient (Wildman–Crippen LogP) is 2.66. The first-order chi connectivity index (χ1) is 11.2. The van der Waals surface area contributed by atoms with Crippen LogP contribution in [0, 0.1) is 5.92 Å². The summed E-state index contributed by atoms with van der Waals surface area (Å²) in [4.78, 5) is 18.2. The third-order valence-corrected chi connectivity index (χ3v) is 4.97. The van der Waals surface area contributed by atoms with Crippen LogP contribution >= 0.6 is 0 Å². The minimum atomic E-state index is -0.116. The lowest BCUT2D eigenvalue weighted by Gasteiger charge is -2.50. The molecular weight excluding hydrogens is 292 g/mol. The molecule has 0 saturated carbocycles. The Morgan fingerprint density at radius 3 is 3.09 bits per heavy atom. The van der Waals surface area contributed by atoms with Crippen molar-refractivity contribution in [1.82, 2.24) is 9.88 Å². The maximum absolute atomic E-state index is 12.1. The third kappa shape index (κ3) is 3.66. The highest BCUT2D eigenvalue weighted by Crippen LogP contribution is 2.41. The van der Waals surface area contributed by atoms with Gasteiger partial charge >= 0.3 is 0 Å². The molecule has 1 unspecified atom stereocenters. The van der Waals surface area contributed by atoms with Crippen LogP contribution in [0.15, 0.2) is 24.4 Å². The van der Waals surface area contributed by atoms with Crippen molar-refractivity contribution >= 4 is 5.91 Å². The third-order valence-electron chi connectivity index (χ3n) is 4.97. The highest BCUT2D eigenvalue weighted by Gasteiger charge is 2.53. The summed E-state index contributed by atoms with van der Waals surface area (Å²) < 4.78 is 11.7. The second-order valence-electron chi connectivity index (χ2n) is 6.56. The molecule has 5 heteroatoms. The van der Waals surface area contributed by atoms with E-state index in [1.54, 1.807) is 6.20 Å². The van der Waals surface area contributed by atoms with Gasteiger partial charge < -0.3 is 14.4 Å². The molecule has 0 N–H and O–H groups in total. The lowest BCUT2D eigenvalue weighted by molar-refractivity contribution is -0.165. The predicted molar refractivity (Wildman–Crippen MR) is 87.2 cm³/mol. The van der Waals surface area contributed by atoms with Crippen molar-refractivity contribution in [3.63, 3.8) is 0 Å². The SMILES string of the molecule is CCCCC(=O)N1CC2(C1)OCCC2CCOc1ccccn1. The zero-order valence-electron chi connectivity index (χ0n) is 13.9. The Labute approximate surface area is 138 Å². The van der Waals surface area contributed by atoms with Crippen molar-refractivity contribution in [1.29, 1.82) is 0 Å². The summed E-state index contributed by atoms with van der Waals surface area (Å²) in [6, 6.07) is 5.68. The Kier molecular flexibility index (Phi) is 5.16. The number of aromatic nitrogens is 1. The molecule has 0 aliphatic carbocycles. The molecule has 0 bridgehead atoms. The number of amides is 1. The van der Waals surface area contributed by atoms with Gasteiger partial charge in [0.2, 0.25) is 11.8 Å². The van der Waals surface area contributed by atoms with Crippen LogP contribution in [0.25, 0.3) is 0 Å². The zero-order chi connectivity index (χ0) is 16.1. The number of carbonyl (C=O) groups is 1. The van der Waals surface area contributed by atoms with E-state index >= 15 is 0 Å². The molecule has 1 amide bonds. The fourth-order valence-electron chi connectivity index (χ4n) is 3.54. The molecule has 2 fully saturated rings. The van der Waals surface area contributed by atoms with Gasteiger partial charge in [0.15, 0.2) is 0 Å². The van der Waals surface area contributed by atoms with Crippen LogP contribution in [0.5, 0.6) is 5.88 Å². The summed E-state index contributed by atoms with van der Waals surface area (Å²) in [5.41, 5.74) is -0.116. The maximum atomic E-state index is 12.1. The van der Waals surface area contributed by atoms with Gasteiger partial charge in [-0.3, -0.25) is 4.79 Å². The first kappa shape index (κ1) is 16.2. The average molecular weight is 318 g/mol. The van der Waals surface area contributed by atoms with Gasteiger partial charge in [0.25, 0.3) is 0 Å². The van der Waals surface area contributed by atoms with Crippen molar-refractivity contribution in [3.05, 3.63) is 24.4 Å². The largest absolute Gasteiger partial charge is 0.478 e. The van der Waals surface area contributed by atoms with Crippen LogP contribution in [-0.2, 0) is 9.53 Å². The van der Waals surface area contributed by atoms with E-state index in [0.717, 1.165) is 45.4 Å². The molecule has 0 aromatic carbocycles. The summed E-state index contributed by atoms with van der Waals surface area (Å²) in [6.45, 7) is 5.07. The Morgan fingerprint density at radius 2 is 2.35 bits per heavy atom. The van der Waals surface area contributed by atoms with E-state index in [1.165, 1.54) is 0 Å². The van der Waals surface area contributed by atoms with Crippen molar-refractivity contribution in [3.8, 4) is 5.88 Å². The van der Waals surface area contributed by atoms with Crippen LogP contribution in [0.2, 0.25) is 0 Å². The average Bonchev–Trinajstić information content (AvgIpc) is 2.96. The van der Waals surface area contributed by atoms with E-state index in [4.69, 9.17) is 9.47 Å². The van der Waals surface area contributed by atoms with E-state index in [1.807, 2.05) is 23.1 Å². The standard InChI is InChI=1S/C18H26N2O3/c1-2-3-7-17(21)20-13-18(14-20)15(9-12-23-18)8-11-22-16-6-4-5-10-19-16/h4-6,10,15H,2-3,7-9,11-14H2,1H3. The number of hydrogen-bond donors (Lipinski definition) is 0. The smallest absolute Gasteiger partial charge is 0.222 e. The summed E-state index contributed by atoms with van der Waals surface area (Å²) in [5.74, 6) is 1.42. The van der Waals surface area contributed by atoms with Crippen molar-refractivity contribution < 1.29 is 14.3 Å². The molecule has 3 heterocycles. The zero-order valence-corrected chi connectivity index (χ0v) is 13.9. The van der Waals surface area contributed by atoms with Crippen molar-refractivity contribution in [2.24, 2.45) is 5.92 Å².